The molecule has 0 saturated carbocycles. The van der Waals surface area contributed by atoms with Crippen LogP contribution in [0, 0.1) is 0 Å². The van der Waals surface area contributed by atoms with Gasteiger partial charge in [0.25, 0.3) is 5.56 Å². The number of H-pyrrole nitrogens is 2. The van der Waals surface area contributed by atoms with E-state index in [0.717, 1.165) is 10.0 Å². The standard InChI is InChI=1S/C13H13BrN4O2/c1-8(9-2-4-10(14)5-3-9)15-17-12(19)6-11-7-13(20)18-16-11/h2-5,7H,6H2,1H3,(H,17,19)(H2,16,18,20)/b15-8+. The van der Waals surface area contributed by atoms with Crippen molar-refractivity contribution >= 4 is 27.5 Å². The van der Waals surface area contributed by atoms with Gasteiger partial charge in [-0.05, 0) is 24.6 Å². The molecule has 0 saturated heterocycles. The topological polar surface area (TPSA) is 90.1 Å². The van der Waals surface area contributed by atoms with Crippen molar-refractivity contribution in [2.45, 2.75) is 13.3 Å². The quantitative estimate of drug-likeness (QED) is 0.584. The number of aromatic nitrogens is 2. The van der Waals surface area contributed by atoms with Crippen LogP contribution in [0.3, 0.4) is 0 Å². The average Bonchev–Trinajstić information content (AvgIpc) is 2.82. The van der Waals surface area contributed by atoms with Crippen LogP contribution in [0.5, 0.6) is 0 Å². The summed E-state index contributed by atoms with van der Waals surface area (Å²) < 4.78 is 0.981. The van der Waals surface area contributed by atoms with Crippen LogP contribution in [0.2, 0.25) is 0 Å². The molecular formula is C13H13BrN4O2. The minimum atomic E-state index is -0.295. The van der Waals surface area contributed by atoms with Gasteiger partial charge < -0.3 is 5.10 Å². The first-order valence-electron chi connectivity index (χ1n) is 5.90. The highest BCUT2D eigenvalue weighted by molar-refractivity contribution is 9.10. The molecule has 1 amide bonds. The normalized spacial score (nSPS) is 11.4. The summed E-state index contributed by atoms with van der Waals surface area (Å²) in [5, 5.41) is 9.01. The number of hydrogen-bond donors (Lipinski definition) is 3. The van der Waals surface area contributed by atoms with Gasteiger partial charge in [-0.3, -0.25) is 14.7 Å². The van der Waals surface area contributed by atoms with E-state index in [1.807, 2.05) is 31.2 Å². The zero-order valence-corrected chi connectivity index (χ0v) is 12.3. The number of hydrazone groups is 1. The monoisotopic (exact) mass is 336 g/mol. The molecule has 0 atom stereocenters. The number of carbonyl (C=O) groups is 1. The Hall–Kier alpha value is -2.15. The van der Waals surface area contributed by atoms with E-state index in [4.69, 9.17) is 0 Å². The van der Waals surface area contributed by atoms with Crippen molar-refractivity contribution in [3.63, 3.8) is 0 Å². The molecule has 1 aromatic carbocycles. The Labute approximate surface area is 123 Å². The number of nitrogens with one attached hydrogen (secondary N) is 3. The fourth-order valence-corrected chi connectivity index (χ4v) is 1.85. The lowest BCUT2D eigenvalue weighted by Crippen LogP contribution is -2.21. The van der Waals surface area contributed by atoms with Gasteiger partial charge in [-0.25, -0.2) is 5.43 Å². The lowest BCUT2D eigenvalue weighted by molar-refractivity contribution is -0.120. The number of carbonyl (C=O) groups excluding carboxylic acids is 1. The zero-order chi connectivity index (χ0) is 14.5. The van der Waals surface area contributed by atoms with E-state index < -0.39 is 0 Å². The summed E-state index contributed by atoms with van der Waals surface area (Å²) in [6.07, 6.45) is 0.0653. The van der Waals surface area contributed by atoms with E-state index in [9.17, 15) is 9.59 Å². The van der Waals surface area contributed by atoms with Gasteiger partial charge in [0.1, 0.15) is 0 Å². The Bertz CT molecular complexity index is 685. The number of hydrogen-bond acceptors (Lipinski definition) is 3. The SMILES string of the molecule is C/C(=N\NC(=O)Cc1cc(=O)[nH][nH]1)c1ccc(Br)cc1. The molecule has 0 aliphatic heterocycles. The molecule has 0 fully saturated rings. The van der Waals surface area contributed by atoms with Crippen molar-refractivity contribution in [2.24, 2.45) is 5.10 Å². The van der Waals surface area contributed by atoms with Crippen molar-refractivity contribution in [2.75, 3.05) is 0 Å². The highest BCUT2D eigenvalue weighted by atomic mass is 79.9. The summed E-state index contributed by atoms with van der Waals surface area (Å²) in [6.45, 7) is 1.81. The van der Waals surface area contributed by atoms with Gasteiger partial charge in [-0.2, -0.15) is 5.10 Å². The predicted molar refractivity (Wildman–Crippen MR) is 79.6 cm³/mol. The Balaban J connectivity index is 1.96. The van der Waals surface area contributed by atoms with Crippen LogP contribution in [-0.4, -0.2) is 21.8 Å². The number of benzene rings is 1. The van der Waals surface area contributed by atoms with Crippen LogP contribution < -0.4 is 11.0 Å². The molecule has 3 N–H and O–H groups in total. The summed E-state index contributed by atoms with van der Waals surface area (Å²) in [5.41, 5.74) is 4.33. The summed E-state index contributed by atoms with van der Waals surface area (Å²) in [7, 11) is 0. The van der Waals surface area contributed by atoms with Crippen molar-refractivity contribution < 1.29 is 4.79 Å². The van der Waals surface area contributed by atoms with E-state index in [-0.39, 0.29) is 17.9 Å². The number of halogens is 1. The molecule has 6 nitrogen and oxygen atoms in total. The van der Waals surface area contributed by atoms with Crippen molar-refractivity contribution in [3.8, 4) is 0 Å². The average molecular weight is 337 g/mol. The van der Waals surface area contributed by atoms with Crippen molar-refractivity contribution in [1.82, 2.24) is 15.6 Å². The molecule has 0 spiro atoms. The first-order chi connectivity index (χ1) is 9.54. The maximum atomic E-state index is 11.6. The molecule has 0 bridgehead atoms. The molecule has 0 radical (unpaired) electrons. The third kappa shape index (κ3) is 3.92. The van der Waals surface area contributed by atoms with Crippen molar-refractivity contribution in [3.05, 3.63) is 56.4 Å². The summed E-state index contributed by atoms with van der Waals surface area (Å²) in [5.74, 6) is -0.295. The molecule has 20 heavy (non-hydrogen) atoms. The second-order valence-electron chi connectivity index (χ2n) is 4.20. The maximum Gasteiger partial charge on any atom is 0.264 e. The number of rotatable bonds is 4. The smallest absolute Gasteiger partial charge is 0.264 e. The fraction of sp³-hybridized carbons (Fsp3) is 0.154. The first kappa shape index (κ1) is 14.3. The maximum absolute atomic E-state index is 11.6. The Morgan fingerprint density at radius 1 is 1.30 bits per heavy atom. The van der Waals surface area contributed by atoms with Gasteiger partial charge in [-0.15, -0.1) is 0 Å². The van der Waals surface area contributed by atoms with Gasteiger partial charge in [0.05, 0.1) is 12.1 Å². The van der Waals surface area contributed by atoms with E-state index in [2.05, 4.69) is 36.7 Å². The Kier molecular flexibility index (Phi) is 4.52. The predicted octanol–water partition coefficient (Wildman–Crippen LogP) is 1.55. The van der Waals surface area contributed by atoms with Gasteiger partial charge in [-0.1, -0.05) is 28.1 Å². The van der Waals surface area contributed by atoms with Crippen LogP contribution in [-0.2, 0) is 11.2 Å². The van der Waals surface area contributed by atoms with Crippen LogP contribution >= 0.6 is 15.9 Å². The zero-order valence-electron chi connectivity index (χ0n) is 10.7. The second-order valence-corrected chi connectivity index (χ2v) is 5.12. The summed E-state index contributed by atoms with van der Waals surface area (Å²) in [4.78, 5) is 22.6. The van der Waals surface area contributed by atoms with Gasteiger partial charge >= 0.3 is 0 Å². The molecule has 1 heterocycles. The largest absolute Gasteiger partial charge is 0.302 e. The number of amides is 1. The lowest BCUT2D eigenvalue weighted by Gasteiger charge is -2.02. The van der Waals surface area contributed by atoms with Crippen molar-refractivity contribution in [1.29, 1.82) is 0 Å². The third-order valence-corrected chi connectivity index (χ3v) is 3.14. The molecule has 0 aliphatic carbocycles. The summed E-state index contributed by atoms with van der Waals surface area (Å²) in [6, 6.07) is 8.95. The van der Waals surface area contributed by atoms with E-state index in [0.29, 0.717) is 11.4 Å². The van der Waals surface area contributed by atoms with Gasteiger partial charge in [0, 0.05) is 16.2 Å². The molecule has 104 valence electrons. The Morgan fingerprint density at radius 3 is 2.60 bits per heavy atom. The number of nitrogens with zero attached hydrogens (tertiary/aromatic N) is 1. The number of aromatic amines is 2. The molecule has 1 aromatic heterocycles. The van der Waals surface area contributed by atoms with E-state index in [1.165, 1.54) is 6.07 Å². The van der Waals surface area contributed by atoms with Crippen LogP contribution in [0.15, 0.2) is 44.7 Å². The fourth-order valence-electron chi connectivity index (χ4n) is 1.58. The summed E-state index contributed by atoms with van der Waals surface area (Å²) >= 11 is 3.35. The molecular weight excluding hydrogens is 324 g/mol. The molecule has 0 unspecified atom stereocenters. The van der Waals surface area contributed by atoms with Crippen LogP contribution in [0.4, 0.5) is 0 Å². The van der Waals surface area contributed by atoms with E-state index >= 15 is 0 Å². The highest BCUT2D eigenvalue weighted by Crippen LogP contribution is 2.10. The van der Waals surface area contributed by atoms with Crippen LogP contribution in [0.25, 0.3) is 0 Å². The minimum Gasteiger partial charge on any atom is -0.302 e. The molecule has 7 heteroatoms. The van der Waals surface area contributed by atoms with Gasteiger partial charge in [0.15, 0.2) is 0 Å². The van der Waals surface area contributed by atoms with E-state index in [1.54, 1.807) is 0 Å². The second kappa shape index (κ2) is 6.33. The Morgan fingerprint density at radius 2 is 2.00 bits per heavy atom. The minimum absolute atomic E-state index is 0.0653. The van der Waals surface area contributed by atoms with Gasteiger partial charge in [0.2, 0.25) is 5.91 Å². The molecule has 2 rings (SSSR count). The molecule has 0 aliphatic rings. The highest BCUT2D eigenvalue weighted by Gasteiger charge is 2.05. The lowest BCUT2D eigenvalue weighted by atomic mass is 10.1. The third-order valence-electron chi connectivity index (χ3n) is 2.61. The first-order valence-corrected chi connectivity index (χ1v) is 6.69. The van der Waals surface area contributed by atoms with Crippen LogP contribution in [0.1, 0.15) is 18.2 Å². The molecule has 2 aromatic rings.